The van der Waals surface area contributed by atoms with Gasteiger partial charge in [0.05, 0.1) is 46.4 Å². The third-order valence-electron chi connectivity index (χ3n) is 6.34. The maximum atomic E-state index is 13.3. The summed E-state index contributed by atoms with van der Waals surface area (Å²) in [5.74, 6) is -3.59. The number of hydrogen-bond donors (Lipinski definition) is 2. The second-order valence-electron chi connectivity index (χ2n) is 7.85. The molecule has 3 aliphatic heterocycles. The molecule has 3 heterocycles. The second kappa shape index (κ2) is 6.01. The van der Waals surface area contributed by atoms with Gasteiger partial charge in [-0.15, -0.1) is 0 Å². The Labute approximate surface area is 163 Å². The van der Waals surface area contributed by atoms with Crippen molar-refractivity contribution in [1.82, 2.24) is 0 Å². The number of halogens is 3. The van der Waals surface area contributed by atoms with Crippen molar-refractivity contribution in [2.75, 3.05) is 11.5 Å². The Hall–Kier alpha value is -2.48. The Morgan fingerprint density at radius 2 is 1.97 bits per heavy atom. The molecule has 1 aromatic rings. The molecule has 0 saturated carbocycles. The number of alkyl halides is 3. The number of imide groups is 1. The first-order valence-corrected chi connectivity index (χ1v) is 8.98. The van der Waals surface area contributed by atoms with Gasteiger partial charge in [0.25, 0.3) is 0 Å². The number of rotatable bonds is 3. The molecule has 0 radical (unpaired) electrons. The quantitative estimate of drug-likeness (QED) is 0.728. The average Bonchev–Trinajstić information content (AvgIpc) is 3.16. The monoisotopic (exact) mass is 410 g/mol. The highest BCUT2D eigenvalue weighted by molar-refractivity contribution is 6.23. The van der Waals surface area contributed by atoms with Gasteiger partial charge in [0.1, 0.15) is 5.60 Å². The van der Waals surface area contributed by atoms with Crippen LogP contribution in [0.2, 0.25) is 0 Å². The minimum absolute atomic E-state index is 0.00878. The number of anilines is 1. The molecule has 0 aromatic heterocycles. The molecule has 0 aliphatic carbocycles. The van der Waals surface area contributed by atoms with Gasteiger partial charge in [0, 0.05) is 19.4 Å². The number of aliphatic hydroxyl groups is 2. The Bertz CT molecular complexity index is 958. The van der Waals surface area contributed by atoms with E-state index in [0.29, 0.717) is 11.0 Å². The summed E-state index contributed by atoms with van der Waals surface area (Å²) in [5, 5.41) is 28.8. The fourth-order valence-electron chi connectivity index (χ4n) is 5.07. The Morgan fingerprint density at radius 3 is 2.55 bits per heavy atom. The van der Waals surface area contributed by atoms with Gasteiger partial charge in [0.2, 0.25) is 11.8 Å². The lowest BCUT2D eigenvalue weighted by Gasteiger charge is -2.33. The molecule has 3 fully saturated rings. The third-order valence-corrected chi connectivity index (χ3v) is 6.34. The van der Waals surface area contributed by atoms with Crippen LogP contribution in [0.25, 0.3) is 0 Å². The van der Waals surface area contributed by atoms with E-state index in [9.17, 15) is 33.0 Å². The molecule has 3 aliphatic rings. The number of amides is 2. The van der Waals surface area contributed by atoms with Gasteiger partial charge >= 0.3 is 6.18 Å². The molecule has 154 valence electrons. The molecule has 2 unspecified atom stereocenters. The van der Waals surface area contributed by atoms with E-state index < -0.39 is 58.3 Å². The highest BCUT2D eigenvalue weighted by Gasteiger charge is 2.76. The van der Waals surface area contributed by atoms with Gasteiger partial charge in [-0.1, -0.05) is 0 Å². The van der Waals surface area contributed by atoms with Gasteiger partial charge in [-0.3, -0.25) is 9.59 Å². The average molecular weight is 410 g/mol. The summed E-state index contributed by atoms with van der Waals surface area (Å²) < 4.78 is 45.8. The molecular weight excluding hydrogens is 393 g/mol. The first kappa shape index (κ1) is 19.8. The summed E-state index contributed by atoms with van der Waals surface area (Å²) in [5.41, 5.74) is -4.79. The zero-order valence-corrected chi connectivity index (χ0v) is 15.2. The second-order valence-corrected chi connectivity index (χ2v) is 7.85. The number of hydrogen-bond acceptors (Lipinski definition) is 6. The largest absolute Gasteiger partial charge is 0.417 e. The SMILES string of the molecule is CC12OC(CCO)(C[C@H]1O)[C@@H]1C(=O)N(c3ccc(C#N)c(C(F)(F)F)c3)C(=O)[C@@H]12. The molecule has 10 heteroatoms. The van der Waals surface area contributed by atoms with Crippen molar-refractivity contribution in [2.45, 2.75) is 43.2 Å². The van der Waals surface area contributed by atoms with Crippen LogP contribution in [0.4, 0.5) is 18.9 Å². The van der Waals surface area contributed by atoms with E-state index in [0.717, 1.165) is 12.1 Å². The molecule has 2 amide bonds. The van der Waals surface area contributed by atoms with Crippen molar-refractivity contribution in [3.05, 3.63) is 29.3 Å². The summed E-state index contributed by atoms with van der Waals surface area (Å²) in [4.78, 5) is 26.9. The van der Waals surface area contributed by atoms with Crippen molar-refractivity contribution < 1.29 is 37.7 Å². The van der Waals surface area contributed by atoms with E-state index in [2.05, 4.69) is 0 Å². The number of fused-ring (bicyclic) bond motifs is 5. The van der Waals surface area contributed by atoms with Crippen LogP contribution in [0, 0.1) is 23.2 Å². The van der Waals surface area contributed by atoms with E-state index in [1.165, 1.54) is 13.0 Å². The van der Waals surface area contributed by atoms with Gasteiger partial charge in [-0.25, -0.2) is 4.90 Å². The van der Waals surface area contributed by atoms with Crippen LogP contribution in [-0.2, 0) is 20.5 Å². The van der Waals surface area contributed by atoms with Crippen LogP contribution in [0.1, 0.15) is 30.9 Å². The van der Waals surface area contributed by atoms with Crippen LogP contribution in [0.5, 0.6) is 0 Å². The zero-order chi connectivity index (χ0) is 21.4. The van der Waals surface area contributed by atoms with Gasteiger partial charge in [-0.2, -0.15) is 18.4 Å². The molecule has 1 aromatic carbocycles. The van der Waals surface area contributed by atoms with E-state index >= 15 is 0 Å². The van der Waals surface area contributed by atoms with Crippen molar-refractivity contribution in [2.24, 2.45) is 11.8 Å². The molecule has 29 heavy (non-hydrogen) atoms. The number of carbonyl (C=O) groups is 2. The maximum Gasteiger partial charge on any atom is 0.417 e. The highest BCUT2D eigenvalue weighted by Crippen LogP contribution is 2.62. The van der Waals surface area contributed by atoms with Crippen LogP contribution < -0.4 is 4.90 Å². The number of nitriles is 1. The first-order chi connectivity index (χ1) is 13.5. The van der Waals surface area contributed by atoms with E-state index in [1.807, 2.05) is 0 Å². The van der Waals surface area contributed by atoms with E-state index in [-0.39, 0.29) is 25.1 Å². The number of nitrogens with zero attached hydrogens (tertiary/aromatic N) is 2. The molecular formula is C19H17F3N2O5. The summed E-state index contributed by atoms with van der Waals surface area (Å²) in [6, 6.07) is 4.09. The standard InChI is InChI=1S/C19H17F3N2O5/c1-17-12(26)7-18(29-17,4-5-25)14-13(17)15(27)24(16(14)28)10-3-2-9(8-23)11(6-10)19(20,21)22/h2-3,6,12-14,25-26H,4-5,7H2,1H3/t12-,13-,14+,17?,18?/m1/s1. The molecule has 2 bridgehead atoms. The lowest BCUT2D eigenvalue weighted by atomic mass is 9.66. The normalized spacial score (nSPS) is 35.9. The summed E-state index contributed by atoms with van der Waals surface area (Å²) >= 11 is 0. The van der Waals surface area contributed by atoms with Crippen LogP contribution in [0.3, 0.4) is 0 Å². The van der Waals surface area contributed by atoms with E-state index in [4.69, 9.17) is 10.00 Å². The van der Waals surface area contributed by atoms with Crippen LogP contribution in [-0.4, -0.2) is 45.9 Å². The van der Waals surface area contributed by atoms with Gasteiger partial charge in [-0.05, 0) is 25.1 Å². The highest BCUT2D eigenvalue weighted by atomic mass is 19.4. The summed E-state index contributed by atoms with van der Waals surface area (Å²) in [7, 11) is 0. The predicted octanol–water partition coefficient (Wildman–Crippen LogP) is 1.36. The Balaban J connectivity index is 1.81. The molecule has 3 saturated heterocycles. The van der Waals surface area contributed by atoms with Crippen molar-refractivity contribution in [1.29, 1.82) is 5.26 Å². The molecule has 0 spiro atoms. The summed E-state index contributed by atoms with van der Waals surface area (Å²) in [6.07, 6.45) is -5.85. The lowest BCUT2D eigenvalue weighted by molar-refractivity contribution is -0.138. The first-order valence-electron chi connectivity index (χ1n) is 8.98. The predicted molar refractivity (Wildman–Crippen MR) is 90.2 cm³/mol. The van der Waals surface area contributed by atoms with Crippen molar-refractivity contribution in [3.8, 4) is 6.07 Å². The summed E-state index contributed by atoms with van der Waals surface area (Å²) in [6.45, 7) is 1.15. The minimum Gasteiger partial charge on any atom is -0.396 e. The lowest BCUT2D eigenvalue weighted by Crippen LogP contribution is -2.49. The Kier molecular flexibility index (Phi) is 4.11. The number of ether oxygens (including phenoxy) is 1. The molecule has 7 nitrogen and oxygen atoms in total. The smallest absolute Gasteiger partial charge is 0.396 e. The number of benzene rings is 1. The van der Waals surface area contributed by atoms with E-state index in [1.54, 1.807) is 0 Å². The topological polar surface area (TPSA) is 111 Å². The van der Waals surface area contributed by atoms with Crippen LogP contribution >= 0.6 is 0 Å². The molecule has 4 rings (SSSR count). The zero-order valence-electron chi connectivity index (χ0n) is 15.2. The van der Waals surface area contributed by atoms with Crippen molar-refractivity contribution in [3.63, 3.8) is 0 Å². The van der Waals surface area contributed by atoms with Gasteiger partial charge < -0.3 is 14.9 Å². The molecule has 5 atom stereocenters. The van der Waals surface area contributed by atoms with Crippen molar-refractivity contribution >= 4 is 17.5 Å². The number of carbonyl (C=O) groups excluding carboxylic acids is 2. The fraction of sp³-hybridized carbons (Fsp3) is 0.526. The Morgan fingerprint density at radius 1 is 1.31 bits per heavy atom. The minimum atomic E-state index is -4.84. The van der Waals surface area contributed by atoms with Gasteiger partial charge in [0.15, 0.2) is 0 Å². The third kappa shape index (κ3) is 2.48. The fourth-order valence-corrected chi connectivity index (χ4v) is 5.07. The number of aliphatic hydroxyl groups excluding tert-OH is 2. The molecule has 2 N–H and O–H groups in total. The van der Waals surface area contributed by atoms with Crippen LogP contribution in [0.15, 0.2) is 18.2 Å². The maximum absolute atomic E-state index is 13.3.